The van der Waals surface area contributed by atoms with Crippen molar-refractivity contribution in [3.63, 3.8) is 0 Å². The second-order valence-electron chi connectivity index (χ2n) is 8.08. The Morgan fingerprint density at radius 3 is 2.71 bits per heavy atom. The summed E-state index contributed by atoms with van der Waals surface area (Å²) < 4.78 is 0. The number of amides is 1. The molecule has 28 heavy (non-hydrogen) atoms. The van der Waals surface area contributed by atoms with Gasteiger partial charge in [-0.25, -0.2) is 0 Å². The number of hydrogen-bond donors (Lipinski definition) is 2. The molecule has 0 saturated carbocycles. The number of rotatable bonds is 9. The molecule has 2 fully saturated rings. The zero-order valence-corrected chi connectivity index (χ0v) is 18.2. The highest BCUT2D eigenvalue weighted by Crippen LogP contribution is 2.11. The third-order valence-corrected chi connectivity index (χ3v) is 5.63. The molecule has 7 nitrogen and oxygen atoms in total. The van der Waals surface area contributed by atoms with Crippen molar-refractivity contribution in [1.82, 2.24) is 25.3 Å². The minimum Gasteiger partial charge on any atom is -0.357 e. The van der Waals surface area contributed by atoms with Crippen LogP contribution in [0.5, 0.6) is 0 Å². The van der Waals surface area contributed by atoms with Gasteiger partial charge in [0.05, 0.1) is 0 Å². The summed E-state index contributed by atoms with van der Waals surface area (Å²) in [5, 5.41) is 6.80. The van der Waals surface area contributed by atoms with Crippen molar-refractivity contribution in [3.8, 4) is 0 Å². The molecule has 2 aliphatic heterocycles. The summed E-state index contributed by atoms with van der Waals surface area (Å²) in [5.74, 6) is 1.23. The van der Waals surface area contributed by atoms with Gasteiger partial charge in [0.25, 0.3) is 0 Å². The monoisotopic (exact) mass is 394 g/mol. The maximum absolute atomic E-state index is 12.0. The Kier molecular flexibility index (Phi) is 11.3. The molecule has 2 N–H and O–H groups in total. The number of nitrogens with zero attached hydrogens (tertiary/aromatic N) is 4. The molecule has 0 aliphatic carbocycles. The van der Waals surface area contributed by atoms with Crippen LogP contribution >= 0.6 is 0 Å². The summed E-state index contributed by atoms with van der Waals surface area (Å²) >= 11 is 0. The number of nitrogens with one attached hydrogen (secondary N) is 2. The summed E-state index contributed by atoms with van der Waals surface area (Å²) in [6, 6.07) is 0. The zero-order valence-electron chi connectivity index (χ0n) is 18.2. The first kappa shape index (κ1) is 22.9. The fourth-order valence-electron chi connectivity index (χ4n) is 3.90. The fourth-order valence-corrected chi connectivity index (χ4v) is 3.90. The standard InChI is InChI=1S/C21H42N6O/c1-3-22-21(23-11-7-14-26-15-9-13-25(2)18-19-26)24-12-8-17-27-16-6-4-5-10-20(27)28/h3-19H2,1-2H3,(H2,22,23,24). The molecule has 0 atom stereocenters. The van der Waals surface area contributed by atoms with Gasteiger partial charge in [-0.1, -0.05) is 6.42 Å². The van der Waals surface area contributed by atoms with Crippen molar-refractivity contribution >= 4 is 11.9 Å². The summed E-state index contributed by atoms with van der Waals surface area (Å²) in [4.78, 5) is 23.8. The second-order valence-corrected chi connectivity index (χ2v) is 8.08. The van der Waals surface area contributed by atoms with Gasteiger partial charge in [0.15, 0.2) is 5.96 Å². The average Bonchev–Trinajstić information content (AvgIpc) is 3.02. The van der Waals surface area contributed by atoms with E-state index in [1.165, 1.54) is 39.0 Å². The number of carbonyl (C=O) groups is 1. The van der Waals surface area contributed by atoms with Crippen molar-refractivity contribution in [2.45, 2.75) is 51.9 Å². The van der Waals surface area contributed by atoms with E-state index in [0.29, 0.717) is 5.91 Å². The third kappa shape index (κ3) is 9.24. The van der Waals surface area contributed by atoms with Gasteiger partial charge in [-0.2, -0.15) is 0 Å². The normalized spacial score (nSPS) is 20.7. The van der Waals surface area contributed by atoms with Crippen LogP contribution in [0.25, 0.3) is 0 Å². The van der Waals surface area contributed by atoms with E-state index < -0.39 is 0 Å². The summed E-state index contributed by atoms with van der Waals surface area (Å²) in [7, 11) is 2.22. The van der Waals surface area contributed by atoms with Crippen LogP contribution in [0.1, 0.15) is 51.9 Å². The Morgan fingerprint density at radius 1 is 0.964 bits per heavy atom. The van der Waals surface area contributed by atoms with Crippen LogP contribution in [-0.4, -0.2) is 99.1 Å². The zero-order chi connectivity index (χ0) is 20.0. The van der Waals surface area contributed by atoms with Crippen LogP contribution in [0.3, 0.4) is 0 Å². The first-order valence-electron chi connectivity index (χ1n) is 11.4. The Bertz CT molecular complexity index is 470. The molecule has 2 rings (SSSR count). The lowest BCUT2D eigenvalue weighted by Crippen LogP contribution is -2.39. The summed E-state index contributed by atoms with van der Waals surface area (Å²) in [6.07, 6.45) is 7.44. The Balaban J connectivity index is 1.62. The van der Waals surface area contributed by atoms with Gasteiger partial charge in [0.1, 0.15) is 0 Å². The van der Waals surface area contributed by atoms with Crippen LogP contribution in [-0.2, 0) is 4.79 Å². The maximum atomic E-state index is 12.0. The van der Waals surface area contributed by atoms with Crippen LogP contribution in [0, 0.1) is 0 Å². The van der Waals surface area contributed by atoms with E-state index in [9.17, 15) is 4.79 Å². The molecule has 1 amide bonds. The van der Waals surface area contributed by atoms with E-state index in [-0.39, 0.29) is 0 Å². The summed E-state index contributed by atoms with van der Waals surface area (Å²) in [6.45, 7) is 12.4. The van der Waals surface area contributed by atoms with Crippen LogP contribution in [0.4, 0.5) is 0 Å². The highest BCUT2D eigenvalue weighted by atomic mass is 16.2. The van der Waals surface area contributed by atoms with Gasteiger partial charge in [0, 0.05) is 52.2 Å². The first-order valence-corrected chi connectivity index (χ1v) is 11.4. The largest absolute Gasteiger partial charge is 0.357 e. The van der Waals surface area contributed by atoms with Gasteiger partial charge >= 0.3 is 0 Å². The van der Waals surface area contributed by atoms with Crippen molar-refractivity contribution in [1.29, 1.82) is 0 Å². The van der Waals surface area contributed by atoms with Crippen LogP contribution in [0.2, 0.25) is 0 Å². The quantitative estimate of drug-likeness (QED) is 0.351. The lowest BCUT2D eigenvalue weighted by molar-refractivity contribution is -0.130. The molecule has 162 valence electrons. The molecule has 2 saturated heterocycles. The van der Waals surface area contributed by atoms with E-state index >= 15 is 0 Å². The number of likely N-dealkylation sites (tertiary alicyclic amines) is 1. The minimum absolute atomic E-state index is 0.325. The van der Waals surface area contributed by atoms with Crippen molar-refractivity contribution in [2.75, 3.05) is 72.5 Å². The van der Waals surface area contributed by atoms with E-state index in [4.69, 9.17) is 4.99 Å². The minimum atomic E-state index is 0.325. The molecule has 2 heterocycles. The maximum Gasteiger partial charge on any atom is 0.222 e. The summed E-state index contributed by atoms with van der Waals surface area (Å²) in [5.41, 5.74) is 0. The Hall–Kier alpha value is -1.34. The van der Waals surface area contributed by atoms with Crippen molar-refractivity contribution < 1.29 is 4.79 Å². The molecule has 0 aromatic rings. The van der Waals surface area contributed by atoms with Crippen molar-refractivity contribution in [2.24, 2.45) is 4.99 Å². The number of carbonyl (C=O) groups excluding carboxylic acids is 1. The first-order chi connectivity index (χ1) is 13.7. The predicted octanol–water partition coefficient (Wildman–Crippen LogP) is 1.36. The lowest BCUT2D eigenvalue weighted by Gasteiger charge is -2.21. The molecular weight excluding hydrogens is 352 g/mol. The molecule has 0 radical (unpaired) electrons. The number of aliphatic imine (C=N–C) groups is 1. The Labute approximate surface area is 171 Å². The number of likely N-dealkylation sites (N-methyl/N-ethyl adjacent to an activating group) is 1. The SMILES string of the molecule is CCNC(=NCCCN1CCCCCC1=O)NCCCN1CCCN(C)CC1. The highest BCUT2D eigenvalue weighted by molar-refractivity contribution is 5.79. The predicted molar refractivity (Wildman–Crippen MR) is 117 cm³/mol. The van der Waals surface area contributed by atoms with Crippen LogP contribution in [0.15, 0.2) is 4.99 Å². The molecule has 2 aliphatic rings. The molecule has 0 spiro atoms. The van der Waals surface area contributed by atoms with Gasteiger partial charge in [-0.3, -0.25) is 9.79 Å². The van der Waals surface area contributed by atoms with Crippen molar-refractivity contribution in [3.05, 3.63) is 0 Å². The molecule has 0 bridgehead atoms. The molecule has 7 heteroatoms. The average molecular weight is 395 g/mol. The van der Waals surface area contributed by atoms with Crippen LogP contribution < -0.4 is 10.6 Å². The van der Waals surface area contributed by atoms with E-state index in [2.05, 4.69) is 34.4 Å². The highest BCUT2D eigenvalue weighted by Gasteiger charge is 2.15. The van der Waals surface area contributed by atoms with Gasteiger partial charge in [-0.15, -0.1) is 0 Å². The topological polar surface area (TPSA) is 63.2 Å². The molecule has 0 unspecified atom stereocenters. The molecular formula is C21H42N6O. The van der Waals surface area contributed by atoms with Gasteiger partial charge < -0.3 is 25.3 Å². The lowest BCUT2D eigenvalue weighted by atomic mass is 10.2. The third-order valence-electron chi connectivity index (χ3n) is 5.63. The fraction of sp³-hybridized carbons (Fsp3) is 0.905. The Morgan fingerprint density at radius 2 is 1.86 bits per heavy atom. The second kappa shape index (κ2) is 13.8. The smallest absolute Gasteiger partial charge is 0.222 e. The number of hydrogen-bond acceptors (Lipinski definition) is 4. The van der Waals surface area contributed by atoms with Gasteiger partial charge in [0.2, 0.25) is 5.91 Å². The van der Waals surface area contributed by atoms with E-state index in [1.54, 1.807) is 0 Å². The number of guanidine groups is 1. The van der Waals surface area contributed by atoms with Gasteiger partial charge in [-0.05, 0) is 65.7 Å². The van der Waals surface area contributed by atoms with E-state index in [1.807, 2.05) is 4.90 Å². The molecule has 0 aromatic carbocycles. The van der Waals surface area contributed by atoms with E-state index in [0.717, 1.165) is 77.3 Å². The molecule has 0 aromatic heterocycles.